The van der Waals surface area contributed by atoms with Crippen LogP contribution in [-0.4, -0.2) is 41.0 Å². The molecular weight excluding hydrogens is 200 g/mol. The Morgan fingerprint density at radius 1 is 1.31 bits per heavy atom. The molecule has 0 radical (unpaired) electrons. The van der Waals surface area contributed by atoms with Gasteiger partial charge >= 0.3 is 0 Å². The number of piperazine rings is 1. The third-order valence-electron chi connectivity index (χ3n) is 3.08. The second kappa shape index (κ2) is 4.23. The topological polar surface area (TPSA) is 44.0 Å². The van der Waals surface area contributed by atoms with Gasteiger partial charge in [0.05, 0.1) is 11.7 Å². The summed E-state index contributed by atoms with van der Waals surface area (Å²) in [6, 6.07) is 4.27. The van der Waals surface area contributed by atoms with Crippen LogP contribution in [0.3, 0.4) is 0 Å². The average molecular weight is 216 g/mol. The highest BCUT2D eigenvalue weighted by atomic mass is 15.2. The molecule has 0 unspecified atom stereocenters. The zero-order valence-electron chi connectivity index (χ0n) is 9.24. The first-order valence-electron chi connectivity index (χ1n) is 5.76. The molecule has 16 heavy (non-hydrogen) atoms. The van der Waals surface area contributed by atoms with E-state index < -0.39 is 0 Å². The number of fused-ring (bicyclic) bond motifs is 1. The lowest BCUT2D eigenvalue weighted by Crippen LogP contribution is -2.42. The van der Waals surface area contributed by atoms with Crippen molar-refractivity contribution >= 4 is 10.9 Å². The number of aromatic amines is 1. The molecular formula is C12H16N4. The molecule has 0 bridgehead atoms. The number of nitrogens with zero attached hydrogens (tertiary/aromatic N) is 2. The zero-order valence-corrected chi connectivity index (χ0v) is 9.24. The number of aromatic nitrogens is 2. The van der Waals surface area contributed by atoms with E-state index in [2.05, 4.69) is 26.3 Å². The number of pyridine rings is 1. The van der Waals surface area contributed by atoms with Crippen molar-refractivity contribution in [3.05, 3.63) is 30.2 Å². The summed E-state index contributed by atoms with van der Waals surface area (Å²) in [4.78, 5) is 10.0. The standard InChI is InChI=1S/C12H16N4/c1-2-14-8-12-10(1)7-11(15-12)9-16-5-3-13-4-6-16/h1-2,7-8,13,15H,3-6,9H2. The molecule has 2 aromatic rings. The molecule has 2 aromatic heterocycles. The smallest absolute Gasteiger partial charge is 0.0642 e. The van der Waals surface area contributed by atoms with Crippen LogP contribution >= 0.6 is 0 Å². The van der Waals surface area contributed by atoms with Crippen LogP contribution in [0.4, 0.5) is 0 Å². The Bertz CT molecular complexity index is 438. The summed E-state index contributed by atoms with van der Waals surface area (Å²) in [6.07, 6.45) is 3.72. The van der Waals surface area contributed by atoms with Gasteiger partial charge in [-0.2, -0.15) is 0 Å². The molecule has 0 atom stereocenters. The van der Waals surface area contributed by atoms with Crippen LogP contribution in [0.15, 0.2) is 24.5 Å². The molecule has 4 heteroatoms. The molecule has 1 aliphatic rings. The van der Waals surface area contributed by atoms with Crippen molar-refractivity contribution in [1.29, 1.82) is 0 Å². The number of hydrogen-bond donors (Lipinski definition) is 2. The zero-order chi connectivity index (χ0) is 10.8. The van der Waals surface area contributed by atoms with Crippen LogP contribution in [0, 0.1) is 0 Å². The van der Waals surface area contributed by atoms with Gasteiger partial charge in [0.15, 0.2) is 0 Å². The Morgan fingerprint density at radius 2 is 2.19 bits per heavy atom. The van der Waals surface area contributed by atoms with Gasteiger partial charge < -0.3 is 10.3 Å². The highest BCUT2D eigenvalue weighted by Crippen LogP contribution is 2.14. The van der Waals surface area contributed by atoms with Crippen LogP contribution in [0.2, 0.25) is 0 Å². The maximum absolute atomic E-state index is 4.12. The molecule has 4 nitrogen and oxygen atoms in total. The van der Waals surface area contributed by atoms with E-state index in [4.69, 9.17) is 0 Å². The maximum atomic E-state index is 4.12. The van der Waals surface area contributed by atoms with Gasteiger partial charge in [-0.25, -0.2) is 0 Å². The minimum atomic E-state index is 1.01. The van der Waals surface area contributed by atoms with Crippen molar-refractivity contribution in [1.82, 2.24) is 20.2 Å². The van der Waals surface area contributed by atoms with E-state index >= 15 is 0 Å². The molecule has 0 amide bonds. The minimum Gasteiger partial charge on any atom is -0.356 e. The lowest BCUT2D eigenvalue weighted by atomic mass is 10.3. The highest BCUT2D eigenvalue weighted by Gasteiger charge is 2.10. The number of H-pyrrole nitrogens is 1. The summed E-state index contributed by atoms with van der Waals surface area (Å²) in [7, 11) is 0. The molecule has 0 aliphatic carbocycles. The predicted molar refractivity (Wildman–Crippen MR) is 64.2 cm³/mol. The minimum absolute atomic E-state index is 1.01. The Hall–Kier alpha value is -1.39. The van der Waals surface area contributed by atoms with Gasteiger partial charge in [-0.15, -0.1) is 0 Å². The van der Waals surface area contributed by atoms with E-state index in [0.29, 0.717) is 0 Å². The van der Waals surface area contributed by atoms with Crippen molar-refractivity contribution in [2.75, 3.05) is 26.2 Å². The van der Waals surface area contributed by atoms with Crippen molar-refractivity contribution in [3.63, 3.8) is 0 Å². The molecule has 1 aliphatic heterocycles. The summed E-state index contributed by atoms with van der Waals surface area (Å²) < 4.78 is 0. The van der Waals surface area contributed by atoms with Crippen LogP contribution in [0.1, 0.15) is 5.69 Å². The first kappa shape index (κ1) is 9.81. The van der Waals surface area contributed by atoms with Gasteiger partial charge in [-0.1, -0.05) is 0 Å². The van der Waals surface area contributed by atoms with Gasteiger partial charge in [0.25, 0.3) is 0 Å². The lowest BCUT2D eigenvalue weighted by Gasteiger charge is -2.26. The Kier molecular flexibility index (Phi) is 2.60. The molecule has 1 saturated heterocycles. The summed E-state index contributed by atoms with van der Waals surface area (Å²) in [5.74, 6) is 0. The Labute approximate surface area is 94.7 Å². The molecule has 3 heterocycles. The van der Waals surface area contributed by atoms with E-state index in [1.54, 1.807) is 0 Å². The summed E-state index contributed by atoms with van der Waals surface area (Å²) in [5.41, 5.74) is 2.41. The van der Waals surface area contributed by atoms with E-state index in [9.17, 15) is 0 Å². The van der Waals surface area contributed by atoms with Crippen molar-refractivity contribution in [2.45, 2.75) is 6.54 Å². The molecule has 0 saturated carbocycles. The van der Waals surface area contributed by atoms with Crippen LogP contribution in [-0.2, 0) is 6.54 Å². The second-order valence-electron chi connectivity index (χ2n) is 4.28. The monoisotopic (exact) mass is 216 g/mol. The average Bonchev–Trinajstić information content (AvgIpc) is 2.72. The van der Waals surface area contributed by atoms with Gasteiger partial charge in [-0.05, 0) is 12.1 Å². The first-order valence-corrected chi connectivity index (χ1v) is 5.76. The van der Waals surface area contributed by atoms with Gasteiger partial charge in [-0.3, -0.25) is 9.88 Å². The number of hydrogen-bond acceptors (Lipinski definition) is 3. The fraction of sp³-hybridized carbons (Fsp3) is 0.417. The molecule has 84 valence electrons. The van der Waals surface area contributed by atoms with Gasteiger partial charge in [0, 0.05) is 50.0 Å². The fourth-order valence-electron chi connectivity index (χ4n) is 2.23. The van der Waals surface area contributed by atoms with E-state index in [-0.39, 0.29) is 0 Å². The van der Waals surface area contributed by atoms with Crippen molar-refractivity contribution < 1.29 is 0 Å². The number of rotatable bonds is 2. The summed E-state index contributed by atoms with van der Waals surface area (Å²) >= 11 is 0. The largest absolute Gasteiger partial charge is 0.356 e. The summed E-state index contributed by atoms with van der Waals surface area (Å²) in [6.45, 7) is 5.47. The molecule has 2 N–H and O–H groups in total. The van der Waals surface area contributed by atoms with E-state index in [0.717, 1.165) is 38.2 Å². The second-order valence-corrected chi connectivity index (χ2v) is 4.28. The Morgan fingerprint density at radius 3 is 3.00 bits per heavy atom. The SMILES string of the molecule is c1cc2cc(CN3CCNCC3)[nH]c2cn1. The highest BCUT2D eigenvalue weighted by molar-refractivity contribution is 5.79. The van der Waals surface area contributed by atoms with Gasteiger partial charge in [0.2, 0.25) is 0 Å². The Balaban J connectivity index is 1.78. The van der Waals surface area contributed by atoms with Crippen LogP contribution in [0.25, 0.3) is 10.9 Å². The predicted octanol–water partition coefficient (Wildman–Crippen LogP) is 0.968. The summed E-state index contributed by atoms with van der Waals surface area (Å²) in [5, 5.41) is 4.62. The third-order valence-corrected chi connectivity index (χ3v) is 3.08. The first-order chi connectivity index (χ1) is 7.92. The maximum Gasteiger partial charge on any atom is 0.0642 e. The van der Waals surface area contributed by atoms with E-state index in [1.807, 2.05) is 18.5 Å². The van der Waals surface area contributed by atoms with Crippen molar-refractivity contribution in [2.24, 2.45) is 0 Å². The van der Waals surface area contributed by atoms with Crippen molar-refractivity contribution in [3.8, 4) is 0 Å². The fourth-order valence-corrected chi connectivity index (χ4v) is 2.23. The lowest BCUT2D eigenvalue weighted by molar-refractivity contribution is 0.231. The van der Waals surface area contributed by atoms with Crippen LogP contribution < -0.4 is 5.32 Å². The molecule has 1 fully saturated rings. The van der Waals surface area contributed by atoms with Gasteiger partial charge in [0.1, 0.15) is 0 Å². The third kappa shape index (κ3) is 1.94. The quantitative estimate of drug-likeness (QED) is 0.786. The molecule has 3 rings (SSSR count). The van der Waals surface area contributed by atoms with E-state index in [1.165, 1.54) is 11.1 Å². The molecule has 0 aromatic carbocycles. The van der Waals surface area contributed by atoms with Crippen LogP contribution in [0.5, 0.6) is 0 Å². The number of nitrogens with one attached hydrogen (secondary N) is 2. The normalized spacial score (nSPS) is 18.0. The molecule has 0 spiro atoms.